The SMILES string of the molecule is I.NC(=NCCSCc1ccc(Cl)cc1Cl)NCCc1ccccn1. The number of aliphatic imine (C=N–C) groups is 1. The Balaban J connectivity index is 0.00000312. The maximum atomic E-state index is 6.14. The molecule has 4 nitrogen and oxygen atoms in total. The molecule has 8 heteroatoms. The first-order chi connectivity index (χ1) is 11.6. The van der Waals surface area contributed by atoms with Gasteiger partial charge >= 0.3 is 0 Å². The van der Waals surface area contributed by atoms with Crippen LogP contribution in [0.15, 0.2) is 47.6 Å². The quantitative estimate of drug-likeness (QED) is 0.239. The molecule has 0 saturated carbocycles. The molecule has 2 rings (SSSR count). The number of hydrogen-bond acceptors (Lipinski definition) is 3. The Morgan fingerprint density at radius 1 is 1.24 bits per heavy atom. The lowest BCUT2D eigenvalue weighted by Crippen LogP contribution is -2.33. The fraction of sp³-hybridized carbons (Fsp3) is 0.294. The number of halogens is 3. The van der Waals surface area contributed by atoms with E-state index in [0.717, 1.165) is 35.7 Å². The maximum absolute atomic E-state index is 6.14. The van der Waals surface area contributed by atoms with E-state index in [9.17, 15) is 0 Å². The molecular weight excluding hydrogens is 490 g/mol. The van der Waals surface area contributed by atoms with Crippen molar-refractivity contribution in [3.05, 3.63) is 63.9 Å². The fourth-order valence-corrected chi connectivity index (χ4v) is 3.36. The molecule has 0 bridgehead atoms. The van der Waals surface area contributed by atoms with Crippen molar-refractivity contribution in [3.8, 4) is 0 Å². The van der Waals surface area contributed by atoms with Crippen molar-refractivity contribution in [2.24, 2.45) is 10.7 Å². The number of thioether (sulfide) groups is 1. The molecule has 1 aromatic carbocycles. The van der Waals surface area contributed by atoms with E-state index in [2.05, 4.69) is 15.3 Å². The van der Waals surface area contributed by atoms with Gasteiger partial charge in [-0.15, -0.1) is 24.0 Å². The van der Waals surface area contributed by atoms with E-state index in [1.807, 2.05) is 30.3 Å². The first kappa shape index (κ1) is 22.3. The zero-order valence-electron chi connectivity index (χ0n) is 13.6. The number of rotatable bonds is 8. The summed E-state index contributed by atoms with van der Waals surface area (Å²) in [6.07, 6.45) is 2.61. The lowest BCUT2D eigenvalue weighted by atomic mass is 10.2. The average Bonchev–Trinajstić information content (AvgIpc) is 2.57. The third-order valence-electron chi connectivity index (χ3n) is 3.20. The molecule has 0 spiro atoms. The molecule has 0 aliphatic carbocycles. The number of hydrogen-bond donors (Lipinski definition) is 2. The van der Waals surface area contributed by atoms with Crippen LogP contribution in [0.1, 0.15) is 11.3 Å². The summed E-state index contributed by atoms with van der Waals surface area (Å²) in [6, 6.07) is 11.4. The van der Waals surface area contributed by atoms with Crippen LogP contribution < -0.4 is 11.1 Å². The normalized spacial score (nSPS) is 11.0. The van der Waals surface area contributed by atoms with Crippen molar-refractivity contribution in [1.29, 1.82) is 0 Å². The van der Waals surface area contributed by atoms with Crippen molar-refractivity contribution in [2.75, 3.05) is 18.8 Å². The summed E-state index contributed by atoms with van der Waals surface area (Å²) in [6.45, 7) is 1.39. The molecule has 0 unspecified atom stereocenters. The minimum atomic E-state index is 0. The van der Waals surface area contributed by atoms with Crippen molar-refractivity contribution in [2.45, 2.75) is 12.2 Å². The molecule has 3 N–H and O–H groups in total. The average molecular weight is 511 g/mol. The summed E-state index contributed by atoms with van der Waals surface area (Å²) >= 11 is 13.8. The van der Waals surface area contributed by atoms with Gasteiger partial charge in [0, 0.05) is 46.4 Å². The highest BCUT2D eigenvalue weighted by Crippen LogP contribution is 2.24. The van der Waals surface area contributed by atoms with Crippen molar-refractivity contribution >= 4 is 64.9 Å². The van der Waals surface area contributed by atoms with Gasteiger partial charge in [0.05, 0.1) is 6.54 Å². The van der Waals surface area contributed by atoms with Gasteiger partial charge in [-0.25, -0.2) is 0 Å². The van der Waals surface area contributed by atoms with Gasteiger partial charge in [-0.1, -0.05) is 35.3 Å². The number of nitrogens with one attached hydrogen (secondary N) is 1. The van der Waals surface area contributed by atoms with E-state index in [-0.39, 0.29) is 24.0 Å². The summed E-state index contributed by atoms with van der Waals surface area (Å²) in [5.41, 5.74) is 7.96. The molecule has 0 aliphatic heterocycles. The van der Waals surface area contributed by atoms with Crippen molar-refractivity contribution < 1.29 is 0 Å². The van der Waals surface area contributed by atoms with E-state index in [1.165, 1.54) is 0 Å². The minimum absolute atomic E-state index is 0. The van der Waals surface area contributed by atoms with Crippen LogP contribution in [0.5, 0.6) is 0 Å². The predicted octanol–water partition coefficient (Wildman–Crippen LogP) is 4.39. The van der Waals surface area contributed by atoms with E-state index in [1.54, 1.807) is 24.0 Å². The van der Waals surface area contributed by atoms with Gasteiger partial charge < -0.3 is 11.1 Å². The molecule has 25 heavy (non-hydrogen) atoms. The first-order valence-electron chi connectivity index (χ1n) is 7.60. The third kappa shape index (κ3) is 8.99. The number of guanidine groups is 1. The summed E-state index contributed by atoms with van der Waals surface area (Å²) < 4.78 is 0. The van der Waals surface area contributed by atoms with Crippen LogP contribution in [0.3, 0.4) is 0 Å². The van der Waals surface area contributed by atoms with E-state index >= 15 is 0 Å². The number of nitrogens with two attached hydrogens (primary N) is 1. The summed E-state index contributed by atoms with van der Waals surface area (Å²) in [7, 11) is 0. The number of pyridine rings is 1. The molecule has 2 aromatic rings. The molecule has 0 amide bonds. The number of aromatic nitrogens is 1. The zero-order chi connectivity index (χ0) is 17.2. The highest BCUT2D eigenvalue weighted by Gasteiger charge is 2.01. The molecule has 1 aromatic heterocycles. The van der Waals surface area contributed by atoms with Crippen LogP contribution in [0.2, 0.25) is 10.0 Å². The first-order valence-corrected chi connectivity index (χ1v) is 9.51. The van der Waals surface area contributed by atoms with Crippen LogP contribution in [0.4, 0.5) is 0 Å². The number of benzene rings is 1. The van der Waals surface area contributed by atoms with Crippen LogP contribution >= 0.6 is 58.9 Å². The van der Waals surface area contributed by atoms with E-state index in [0.29, 0.717) is 22.5 Å². The Morgan fingerprint density at radius 2 is 2.08 bits per heavy atom. The Bertz CT molecular complexity index is 671. The lowest BCUT2D eigenvalue weighted by Gasteiger charge is -2.06. The zero-order valence-corrected chi connectivity index (χ0v) is 18.3. The molecule has 0 radical (unpaired) electrons. The molecular formula is C17H21Cl2IN4S. The topological polar surface area (TPSA) is 63.3 Å². The van der Waals surface area contributed by atoms with Gasteiger partial charge in [0.2, 0.25) is 0 Å². The van der Waals surface area contributed by atoms with E-state index in [4.69, 9.17) is 28.9 Å². The lowest BCUT2D eigenvalue weighted by molar-refractivity contribution is 0.830. The molecule has 0 fully saturated rings. The van der Waals surface area contributed by atoms with Crippen LogP contribution in [0.25, 0.3) is 0 Å². The van der Waals surface area contributed by atoms with Crippen LogP contribution in [-0.2, 0) is 12.2 Å². The Morgan fingerprint density at radius 3 is 2.80 bits per heavy atom. The Kier molecular flexibility index (Phi) is 11.3. The predicted molar refractivity (Wildman–Crippen MR) is 120 cm³/mol. The highest BCUT2D eigenvalue weighted by molar-refractivity contribution is 14.0. The molecule has 0 saturated heterocycles. The standard InChI is InChI=1S/C17H20Cl2N4S.HI/c18-14-5-4-13(16(19)11-14)12-24-10-9-23-17(20)22-8-6-15-3-1-2-7-21-15;/h1-5,7,11H,6,8-10,12H2,(H3,20,22,23);1H. The third-order valence-corrected chi connectivity index (χ3v) is 4.78. The Labute approximate surface area is 180 Å². The highest BCUT2D eigenvalue weighted by atomic mass is 127. The Hall–Kier alpha value is -0.700. The van der Waals surface area contributed by atoms with Crippen molar-refractivity contribution in [3.63, 3.8) is 0 Å². The molecule has 0 aliphatic rings. The molecule has 0 atom stereocenters. The minimum Gasteiger partial charge on any atom is -0.370 e. The summed E-state index contributed by atoms with van der Waals surface area (Å²) in [5, 5.41) is 4.46. The van der Waals surface area contributed by atoms with Gasteiger partial charge in [0.15, 0.2) is 5.96 Å². The van der Waals surface area contributed by atoms with Crippen LogP contribution in [0, 0.1) is 0 Å². The number of nitrogens with zero attached hydrogens (tertiary/aromatic N) is 2. The van der Waals surface area contributed by atoms with Gasteiger partial charge in [0.25, 0.3) is 0 Å². The fourth-order valence-electron chi connectivity index (χ4n) is 1.97. The van der Waals surface area contributed by atoms with Gasteiger partial charge in [-0.3, -0.25) is 9.98 Å². The largest absolute Gasteiger partial charge is 0.370 e. The maximum Gasteiger partial charge on any atom is 0.188 e. The monoisotopic (exact) mass is 510 g/mol. The van der Waals surface area contributed by atoms with Gasteiger partial charge in [-0.2, -0.15) is 11.8 Å². The molecule has 1 heterocycles. The van der Waals surface area contributed by atoms with E-state index < -0.39 is 0 Å². The van der Waals surface area contributed by atoms with Crippen molar-refractivity contribution in [1.82, 2.24) is 10.3 Å². The summed E-state index contributed by atoms with van der Waals surface area (Å²) in [5.74, 6) is 2.18. The summed E-state index contributed by atoms with van der Waals surface area (Å²) in [4.78, 5) is 8.57. The van der Waals surface area contributed by atoms with Gasteiger partial charge in [0.1, 0.15) is 0 Å². The van der Waals surface area contributed by atoms with Crippen LogP contribution in [-0.4, -0.2) is 29.8 Å². The second kappa shape index (κ2) is 12.6. The van der Waals surface area contributed by atoms with Gasteiger partial charge in [-0.05, 0) is 29.8 Å². The molecule has 136 valence electrons. The second-order valence-electron chi connectivity index (χ2n) is 5.05. The smallest absolute Gasteiger partial charge is 0.188 e. The second-order valence-corrected chi connectivity index (χ2v) is 7.00.